The number of nitrogens with zero attached hydrogens (tertiary/aromatic N) is 1. The zero-order valence-electron chi connectivity index (χ0n) is 22.0. The second-order valence-corrected chi connectivity index (χ2v) is 10.1. The predicted molar refractivity (Wildman–Crippen MR) is 147 cm³/mol. The number of aromatic amines is 1. The molecule has 7 heteroatoms. The number of para-hydroxylation sites is 1. The highest BCUT2D eigenvalue weighted by Crippen LogP contribution is 2.29. The molecule has 2 N–H and O–H groups in total. The average Bonchev–Trinajstić information content (AvgIpc) is 3.55. The summed E-state index contributed by atoms with van der Waals surface area (Å²) in [5.41, 5.74) is 2.77. The molecule has 38 heavy (non-hydrogen) atoms. The number of aromatic nitrogens is 1. The molecule has 2 aromatic carbocycles. The molecule has 198 valence electrons. The van der Waals surface area contributed by atoms with Crippen LogP contribution in [0.15, 0.2) is 71.3 Å². The Balaban J connectivity index is 1.49. The number of carbonyl (C=O) groups is 2. The highest BCUT2D eigenvalue weighted by Gasteiger charge is 2.35. The average molecular weight is 514 g/mol. The first-order valence-corrected chi connectivity index (χ1v) is 13.4. The van der Waals surface area contributed by atoms with Gasteiger partial charge in [0.25, 0.3) is 5.91 Å². The van der Waals surface area contributed by atoms with E-state index < -0.39 is 6.04 Å². The monoisotopic (exact) mass is 513 g/mol. The largest absolute Gasteiger partial charge is 0.497 e. The minimum Gasteiger partial charge on any atom is -0.497 e. The molecule has 7 nitrogen and oxygen atoms in total. The van der Waals surface area contributed by atoms with Crippen LogP contribution in [0.25, 0.3) is 10.9 Å². The smallest absolute Gasteiger partial charge is 0.250 e. The van der Waals surface area contributed by atoms with Crippen molar-refractivity contribution in [2.45, 2.75) is 64.1 Å². The van der Waals surface area contributed by atoms with Crippen molar-refractivity contribution in [3.8, 4) is 5.75 Å². The summed E-state index contributed by atoms with van der Waals surface area (Å²) in [6, 6.07) is 18.4. The number of ether oxygens (including phenoxy) is 1. The van der Waals surface area contributed by atoms with Crippen molar-refractivity contribution < 1.29 is 18.7 Å². The summed E-state index contributed by atoms with van der Waals surface area (Å²) in [5.74, 6) is 1.55. The normalized spacial score (nSPS) is 14.8. The molecule has 0 bridgehead atoms. The fraction of sp³-hybridized carbons (Fsp3) is 0.355. The number of H-pyrrole nitrogens is 1. The number of aryl methyl sites for hydroxylation is 1. The van der Waals surface area contributed by atoms with Gasteiger partial charge in [0.2, 0.25) is 5.91 Å². The van der Waals surface area contributed by atoms with Gasteiger partial charge in [-0.15, -0.1) is 0 Å². The van der Waals surface area contributed by atoms with E-state index >= 15 is 0 Å². The summed E-state index contributed by atoms with van der Waals surface area (Å²) in [5, 5.41) is 4.24. The Bertz CT molecular complexity index is 1380. The van der Waals surface area contributed by atoms with E-state index in [2.05, 4.69) is 10.3 Å². The van der Waals surface area contributed by atoms with Gasteiger partial charge in [-0.2, -0.15) is 0 Å². The fourth-order valence-corrected chi connectivity index (χ4v) is 5.35. The van der Waals surface area contributed by atoms with Gasteiger partial charge in [-0.25, -0.2) is 0 Å². The molecule has 1 fully saturated rings. The van der Waals surface area contributed by atoms with E-state index in [1.165, 1.54) is 6.42 Å². The van der Waals surface area contributed by atoms with E-state index in [1.807, 2.05) is 67.7 Å². The molecule has 5 rings (SSSR count). The molecular weight excluding hydrogens is 478 g/mol. The number of carbonyl (C=O) groups excluding carboxylic acids is 2. The Morgan fingerprint density at radius 1 is 1.05 bits per heavy atom. The van der Waals surface area contributed by atoms with Crippen LogP contribution in [0.4, 0.5) is 0 Å². The molecule has 2 heterocycles. The van der Waals surface area contributed by atoms with E-state index in [1.54, 1.807) is 18.1 Å². The fourth-order valence-electron chi connectivity index (χ4n) is 5.35. The molecule has 2 amide bonds. The number of nitrogens with one attached hydrogen (secondary N) is 2. The first-order chi connectivity index (χ1) is 18.5. The highest BCUT2D eigenvalue weighted by atomic mass is 16.5. The summed E-state index contributed by atoms with van der Waals surface area (Å²) < 4.78 is 11.3. The van der Waals surface area contributed by atoms with Gasteiger partial charge >= 0.3 is 0 Å². The molecule has 0 spiro atoms. The van der Waals surface area contributed by atoms with Gasteiger partial charge in [0, 0.05) is 29.7 Å². The second-order valence-electron chi connectivity index (χ2n) is 10.1. The van der Waals surface area contributed by atoms with Crippen LogP contribution in [0.2, 0.25) is 0 Å². The second kappa shape index (κ2) is 11.6. The van der Waals surface area contributed by atoms with Crippen LogP contribution < -0.4 is 10.1 Å². The van der Waals surface area contributed by atoms with E-state index in [-0.39, 0.29) is 30.8 Å². The van der Waals surface area contributed by atoms with Crippen LogP contribution in [0, 0.1) is 6.92 Å². The van der Waals surface area contributed by atoms with E-state index in [4.69, 9.17) is 9.15 Å². The first-order valence-electron chi connectivity index (χ1n) is 13.4. The van der Waals surface area contributed by atoms with Crippen LogP contribution in [-0.4, -0.2) is 34.8 Å². The van der Waals surface area contributed by atoms with Crippen molar-refractivity contribution in [3.63, 3.8) is 0 Å². The first kappa shape index (κ1) is 25.6. The van der Waals surface area contributed by atoms with Crippen LogP contribution in [0.1, 0.15) is 60.8 Å². The summed E-state index contributed by atoms with van der Waals surface area (Å²) in [6.45, 7) is 2.11. The lowest BCUT2D eigenvalue weighted by Crippen LogP contribution is -2.47. The molecule has 0 unspecified atom stereocenters. The van der Waals surface area contributed by atoms with E-state index in [0.717, 1.165) is 53.5 Å². The molecule has 0 saturated heterocycles. The molecular formula is C31H35N3O4. The minimum atomic E-state index is -0.884. The third-order valence-electron chi connectivity index (χ3n) is 7.39. The lowest BCUT2D eigenvalue weighted by molar-refractivity contribution is -0.142. The zero-order valence-corrected chi connectivity index (χ0v) is 22.0. The van der Waals surface area contributed by atoms with Crippen LogP contribution in [0.3, 0.4) is 0 Å². The van der Waals surface area contributed by atoms with Crippen molar-refractivity contribution in [1.82, 2.24) is 15.2 Å². The van der Waals surface area contributed by atoms with Gasteiger partial charge < -0.3 is 24.4 Å². The van der Waals surface area contributed by atoms with Crippen molar-refractivity contribution in [3.05, 3.63) is 89.5 Å². The molecule has 0 aliphatic heterocycles. The van der Waals surface area contributed by atoms with Crippen LogP contribution in [0.5, 0.6) is 5.75 Å². The van der Waals surface area contributed by atoms with Gasteiger partial charge in [0.05, 0.1) is 13.5 Å². The molecule has 4 aromatic rings. The number of benzene rings is 2. The Labute approximate surface area is 223 Å². The van der Waals surface area contributed by atoms with Crippen molar-refractivity contribution >= 4 is 22.7 Å². The van der Waals surface area contributed by atoms with Crippen LogP contribution in [-0.2, 0) is 22.6 Å². The maximum absolute atomic E-state index is 14.1. The summed E-state index contributed by atoms with van der Waals surface area (Å²) in [7, 11) is 1.62. The SMILES string of the molecule is COc1ccc(CN(C(=O)Cc2c[nH]c3ccccc23)[C@H](C(=O)NC2CCCCC2)c2ccc(C)o2)cc1. The highest BCUT2D eigenvalue weighted by molar-refractivity contribution is 5.92. The predicted octanol–water partition coefficient (Wildman–Crippen LogP) is 5.84. The zero-order chi connectivity index (χ0) is 26.5. The van der Waals surface area contributed by atoms with Crippen molar-refractivity contribution in [2.75, 3.05) is 7.11 Å². The van der Waals surface area contributed by atoms with Crippen molar-refractivity contribution in [2.24, 2.45) is 0 Å². The molecule has 0 radical (unpaired) electrons. The van der Waals surface area contributed by atoms with Gasteiger partial charge in [-0.05, 0) is 61.2 Å². The van der Waals surface area contributed by atoms with Crippen LogP contribution >= 0.6 is 0 Å². The Kier molecular flexibility index (Phi) is 7.82. The lowest BCUT2D eigenvalue weighted by Gasteiger charge is -2.32. The molecule has 1 atom stereocenters. The third-order valence-corrected chi connectivity index (χ3v) is 7.39. The van der Waals surface area contributed by atoms with Gasteiger partial charge in [-0.1, -0.05) is 49.6 Å². The van der Waals surface area contributed by atoms with Gasteiger partial charge in [-0.3, -0.25) is 9.59 Å². The number of fused-ring (bicyclic) bond motifs is 1. The number of furan rings is 1. The molecule has 1 aliphatic rings. The number of rotatable bonds is 9. The van der Waals surface area contributed by atoms with E-state index in [0.29, 0.717) is 11.5 Å². The summed E-state index contributed by atoms with van der Waals surface area (Å²) in [6.07, 6.45) is 7.35. The molecule has 2 aromatic heterocycles. The van der Waals surface area contributed by atoms with Gasteiger partial charge in [0.15, 0.2) is 6.04 Å². The Morgan fingerprint density at radius 3 is 2.53 bits per heavy atom. The van der Waals surface area contributed by atoms with Gasteiger partial charge in [0.1, 0.15) is 17.3 Å². The number of hydrogen-bond donors (Lipinski definition) is 2. The van der Waals surface area contributed by atoms with E-state index in [9.17, 15) is 9.59 Å². The molecule has 1 aliphatic carbocycles. The topological polar surface area (TPSA) is 87.6 Å². The lowest BCUT2D eigenvalue weighted by atomic mass is 9.95. The third kappa shape index (κ3) is 5.77. The van der Waals surface area contributed by atoms with Crippen molar-refractivity contribution in [1.29, 1.82) is 0 Å². The summed E-state index contributed by atoms with van der Waals surface area (Å²) in [4.78, 5) is 32.9. The number of hydrogen-bond acceptors (Lipinski definition) is 4. The quantitative estimate of drug-likeness (QED) is 0.294. The number of amides is 2. The minimum absolute atomic E-state index is 0.112. The number of methoxy groups -OCH3 is 1. The maximum atomic E-state index is 14.1. The Hall–Kier alpha value is -4.00. The Morgan fingerprint density at radius 2 is 1.82 bits per heavy atom. The maximum Gasteiger partial charge on any atom is 0.250 e. The standard InChI is InChI=1S/C31H35N3O4/c1-21-12-17-28(38-21)30(31(36)33-24-8-4-3-5-9-24)34(20-22-13-15-25(37-2)16-14-22)29(35)18-23-19-32-27-11-7-6-10-26(23)27/h6-7,10-17,19,24,30,32H,3-5,8-9,18,20H2,1-2H3,(H,33,36)/t30-/m0/s1. The summed E-state index contributed by atoms with van der Waals surface area (Å²) >= 11 is 0. The molecule has 1 saturated carbocycles.